The highest BCUT2D eigenvalue weighted by Crippen LogP contribution is 2.14. The van der Waals surface area contributed by atoms with Gasteiger partial charge in [0.2, 0.25) is 0 Å². The van der Waals surface area contributed by atoms with Crippen molar-refractivity contribution in [1.29, 1.82) is 0 Å². The largest absolute Gasteiger partial charge is 0.355 e. The van der Waals surface area contributed by atoms with E-state index in [9.17, 15) is 0 Å². The fourth-order valence-corrected chi connectivity index (χ4v) is 1.70. The first-order valence-corrected chi connectivity index (χ1v) is 4.84. The minimum absolute atomic E-state index is 0.969. The van der Waals surface area contributed by atoms with Gasteiger partial charge in [0.25, 0.3) is 0 Å². The topological polar surface area (TPSA) is 41.9 Å². The van der Waals surface area contributed by atoms with Crippen LogP contribution in [-0.4, -0.2) is 28.3 Å². The first-order valence-electron chi connectivity index (χ1n) is 4.84. The Labute approximate surface area is 78.0 Å². The Bertz CT molecular complexity index is 241. The molecule has 1 aliphatic heterocycles. The molecule has 1 saturated heterocycles. The Balaban J connectivity index is 2.06. The van der Waals surface area contributed by atoms with Crippen LogP contribution in [0.4, 0.5) is 5.82 Å². The van der Waals surface area contributed by atoms with Gasteiger partial charge in [0.1, 0.15) is 6.33 Å². The Morgan fingerprint density at radius 1 is 1.00 bits per heavy atom. The maximum absolute atomic E-state index is 4.20. The summed E-state index contributed by atoms with van der Waals surface area (Å²) in [5, 5.41) is 7.51. The third kappa shape index (κ3) is 2.14. The van der Waals surface area contributed by atoms with Crippen molar-refractivity contribution in [3.05, 3.63) is 12.5 Å². The highest BCUT2D eigenvalue weighted by Gasteiger charge is 2.10. The lowest BCUT2D eigenvalue weighted by Gasteiger charge is -2.19. The number of anilines is 1. The molecular weight excluding hydrogens is 164 g/mol. The van der Waals surface area contributed by atoms with Crippen LogP contribution in [0, 0.1) is 0 Å². The van der Waals surface area contributed by atoms with E-state index in [4.69, 9.17) is 0 Å². The van der Waals surface area contributed by atoms with Crippen LogP contribution in [0.15, 0.2) is 12.5 Å². The molecule has 70 valence electrons. The Morgan fingerprint density at radius 2 is 1.77 bits per heavy atom. The van der Waals surface area contributed by atoms with E-state index < -0.39 is 0 Å². The van der Waals surface area contributed by atoms with E-state index in [0.29, 0.717) is 0 Å². The summed E-state index contributed by atoms with van der Waals surface area (Å²) in [4.78, 5) is 6.49. The summed E-state index contributed by atoms with van der Waals surface area (Å²) in [6, 6.07) is 0. The first kappa shape index (κ1) is 8.41. The Kier molecular flexibility index (Phi) is 2.69. The molecule has 4 heteroatoms. The monoisotopic (exact) mass is 178 g/mol. The molecule has 1 aromatic rings. The average molecular weight is 178 g/mol. The fourth-order valence-electron chi connectivity index (χ4n) is 1.70. The number of aromatic nitrogens is 3. The Morgan fingerprint density at radius 3 is 2.38 bits per heavy atom. The van der Waals surface area contributed by atoms with Crippen molar-refractivity contribution in [2.24, 2.45) is 0 Å². The van der Waals surface area contributed by atoms with Crippen LogP contribution >= 0.6 is 0 Å². The third-order valence-electron chi connectivity index (χ3n) is 2.41. The molecular formula is C9H14N4. The van der Waals surface area contributed by atoms with Crippen molar-refractivity contribution in [2.45, 2.75) is 25.7 Å². The molecule has 2 heterocycles. The standard InChI is InChI=1S/C9H14N4/c1-2-4-6-13(5-3-1)9-7-11-12-8-10-9/h7-8H,1-6H2. The van der Waals surface area contributed by atoms with Crippen molar-refractivity contribution in [3.63, 3.8) is 0 Å². The molecule has 0 spiro atoms. The zero-order valence-corrected chi connectivity index (χ0v) is 7.69. The van der Waals surface area contributed by atoms with Gasteiger partial charge in [-0.1, -0.05) is 12.8 Å². The van der Waals surface area contributed by atoms with Gasteiger partial charge in [-0.25, -0.2) is 4.98 Å². The summed E-state index contributed by atoms with van der Waals surface area (Å²) >= 11 is 0. The van der Waals surface area contributed by atoms with Crippen LogP contribution < -0.4 is 4.90 Å². The average Bonchev–Trinajstić information content (AvgIpc) is 2.47. The van der Waals surface area contributed by atoms with Crippen molar-refractivity contribution >= 4 is 5.82 Å². The van der Waals surface area contributed by atoms with Crippen molar-refractivity contribution < 1.29 is 0 Å². The van der Waals surface area contributed by atoms with Crippen LogP contribution in [0.25, 0.3) is 0 Å². The van der Waals surface area contributed by atoms with Gasteiger partial charge in [-0.3, -0.25) is 0 Å². The first-order chi connectivity index (χ1) is 6.47. The number of hydrogen-bond donors (Lipinski definition) is 0. The molecule has 0 unspecified atom stereocenters. The lowest BCUT2D eigenvalue weighted by molar-refractivity contribution is 0.726. The Hall–Kier alpha value is -1.19. The molecule has 0 bridgehead atoms. The van der Waals surface area contributed by atoms with E-state index >= 15 is 0 Å². The quantitative estimate of drug-likeness (QED) is 0.649. The maximum atomic E-state index is 4.20. The second kappa shape index (κ2) is 4.16. The summed E-state index contributed by atoms with van der Waals surface area (Å²) < 4.78 is 0. The van der Waals surface area contributed by atoms with E-state index in [1.165, 1.54) is 32.0 Å². The molecule has 1 aromatic heterocycles. The number of rotatable bonds is 1. The SMILES string of the molecule is c1nncc(N2CCCCCC2)n1. The van der Waals surface area contributed by atoms with Crippen LogP contribution in [0.5, 0.6) is 0 Å². The van der Waals surface area contributed by atoms with Gasteiger partial charge >= 0.3 is 0 Å². The second-order valence-corrected chi connectivity index (χ2v) is 3.36. The zero-order valence-electron chi connectivity index (χ0n) is 7.69. The van der Waals surface area contributed by atoms with Gasteiger partial charge in [0.05, 0.1) is 6.20 Å². The summed E-state index contributed by atoms with van der Waals surface area (Å²) in [6.45, 7) is 2.22. The van der Waals surface area contributed by atoms with Gasteiger partial charge in [0.15, 0.2) is 5.82 Å². The lowest BCUT2D eigenvalue weighted by Crippen LogP contribution is -2.24. The maximum Gasteiger partial charge on any atom is 0.150 e. The third-order valence-corrected chi connectivity index (χ3v) is 2.41. The van der Waals surface area contributed by atoms with E-state index in [2.05, 4.69) is 20.1 Å². The molecule has 1 aliphatic rings. The van der Waals surface area contributed by atoms with Gasteiger partial charge < -0.3 is 4.90 Å². The van der Waals surface area contributed by atoms with Crippen LogP contribution in [0.2, 0.25) is 0 Å². The molecule has 0 atom stereocenters. The summed E-state index contributed by atoms with van der Waals surface area (Å²) in [5.74, 6) is 0.969. The molecule has 4 nitrogen and oxygen atoms in total. The number of hydrogen-bond acceptors (Lipinski definition) is 4. The molecule has 0 amide bonds. The van der Waals surface area contributed by atoms with E-state index in [0.717, 1.165) is 18.9 Å². The summed E-state index contributed by atoms with van der Waals surface area (Å²) in [6.07, 6.45) is 8.48. The normalized spacial score (nSPS) is 18.3. The smallest absolute Gasteiger partial charge is 0.150 e. The van der Waals surface area contributed by atoms with Crippen LogP contribution in [0.3, 0.4) is 0 Å². The predicted octanol–water partition coefficient (Wildman–Crippen LogP) is 1.25. The minimum atomic E-state index is 0.969. The minimum Gasteiger partial charge on any atom is -0.355 e. The molecule has 0 aromatic carbocycles. The highest BCUT2D eigenvalue weighted by molar-refractivity contribution is 5.34. The van der Waals surface area contributed by atoms with E-state index in [-0.39, 0.29) is 0 Å². The molecule has 0 aliphatic carbocycles. The molecule has 0 saturated carbocycles. The van der Waals surface area contributed by atoms with Gasteiger partial charge in [0, 0.05) is 13.1 Å². The highest BCUT2D eigenvalue weighted by atomic mass is 15.2. The summed E-state index contributed by atoms with van der Waals surface area (Å²) in [5.41, 5.74) is 0. The van der Waals surface area contributed by atoms with Gasteiger partial charge in [-0.05, 0) is 12.8 Å². The lowest BCUT2D eigenvalue weighted by atomic mass is 10.2. The molecule has 0 radical (unpaired) electrons. The molecule has 0 N–H and O–H groups in total. The molecule has 13 heavy (non-hydrogen) atoms. The second-order valence-electron chi connectivity index (χ2n) is 3.36. The summed E-state index contributed by atoms with van der Waals surface area (Å²) in [7, 11) is 0. The van der Waals surface area contributed by atoms with Gasteiger partial charge in [-0.2, -0.15) is 5.10 Å². The zero-order chi connectivity index (χ0) is 8.93. The van der Waals surface area contributed by atoms with E-state index in [1.807, 2.05) is 0 Å². The van der Waals surface area contributed by atoms with Crippen LogP contribution in [0.1, 0.15) is 25.7 Å². The van der Waals surface area contributed by atoms with Crippen LogP contribution in [-0.2, 0) is 0 Å². The van der Waals surface area contributed by atoms with Crippen molar-refractivity contribution in [2.75, 3.05) is 18.0 Å². The van der Waals surface area contributed by atoms with Gasteiger partial charge in [-0.15, -0.1) is 5.10 Å². The fraction of sp³-hybridized carbons (Fsp3) is 0.667. The predicted molar refractivity (Wildman–Crippen MR) is 50.5 cm³/mol. The van der Waals surface area contributed by atoms with E-state index in [1.54, 1.807) is 6.20 Å². The molecule has 1 fully saturated rings. The van der Waals surface area contributed by atoms with Crippen molar-refractivity contribution in [3.8, 4) is 0 Å². The molecule has 2 rings (SSSR count). The van der Waals surface area contributed by atoms with Crippen molar-refractivity contribution in [1.82, 2.24) is 15.2 Å². The number of nitrogens with zero attached hydrogens (tertiary/aromatic N) is 4.